The third kappa shape index (κ3) is 3.46. The average Bonchev–Trinajstić information content (AvgIpc) is 2.57. The molecule has 0 amide bonds. The number of fused-ring (bicyclic) bond motifs is 1. The minimum absolute atomic E-state index is 0.324. The number of hydrogen-bond acceptors (Lipinski definition) is 4. The molecule has 0 fully saturated rings. The van der Waals surface area contributed by atoms with Crippen molar-refractivity contribution in [3.05, 3.63) is 70.3 Å². The Labute approximate surface area is 140 Å². The summed E-state index contributed by atoms with van der Waals surface area (Å²) >= 11 is 1.24. The van der Waals surface area contributed by atoms with E-state index in [9.17, 15) is 14.0 Å². The van der Waals surface area contributed by atoms with Crippen molar-refractivity contribution in [2.75, 3.05) is 0 Å². The first-order valence-corrected chi connectivity index (χ1v) is 8.12. The number of carboxylic acids is 1. The standard InChI is InChI=1S/C17H13FN2O3S/c18-12-7-5-11(6-8-12)10-24-17-19-14-4-2-1-3-13(14)16(23)20(17)9-15(21)22/h1-8H,9-10H2,(H,21,22). The smallest absolute Gasteiger partial charge is 0.323 e. The van der Waals surface area contributed by atoms with Gasteiger partial charge in [-0.05, 0) is 29.8 Å². The molecule has 1 aromatic heterocycles. The van der Waals surface area contributed by atoms with Gasteiger partial charge >= 0.3 is 5.97 Å². The highest BCUT2D eigenvalue weighted by Crippen LogP contribution is 2.22. The van der Waals surface area contributed by atoms with Crippen LogP contribution in [0.25, 0.3) is 10.9 Å². The topological polar surface area (TPSA) is 72.2 Å². The van der Waals surface area contributed by atoms with Crippen molar-refractivity contribution in [1.29, 1.82) is 0 Å². The maximum absolute atomic E-state index is 13.0. The third-order valence-corrected chi connectivity index (χ3v) is 4.45. The molecule has 0 atom stereocenters. The van der Waals surface area contributed by atoms with E-state index >= 15 is 0 Å². The van der Waals surface area contributed by atoms with E-state index in [1.165, 1.54) is 23.9 Å². The van der Waals surface area contributed by atoms with Gasteiger partial charge in [0.15, 0.2) is 5.16 Å². The van der Waals surface area contributed by atoms with Gasteiger partial charge in [0.05, 0.1) is 10.9 Å². The normalized spacial score (nSPS) is 10.9. The monoisotopic (exact) mass is 344 g/mol. The van der Waals surface area contributed by atoms with Crippen LogP contribution in [0.4, 0.5) is 4.39 Å². The third-order valence-electron chi connectivity index (χ3n) is 3.40. The molecule has 0 unspecified atom stereocenters. The van der Waals surface area contributed by atoms with E-state index in [1.807, 2.05) is 0 Å². The summed E-state index contributed by atoms with van der Waals surface area (Å²) in [5, 5.41) is 9.77. The molecular weight excluding hydrogens is 331 g/mol. The largest absolute Gasteiger partial charge is 0.480 e. The van der Waals surface area contributed by atoms with Crippen LogP contribution >= 0.6 is 11.8 Å². The first-order chi connectivity index (χ1) is 11.5. The zero-order valence-corrected chi connectivity index (χ0v) is 13.3. The van der Waals surface area contributed by atoms with Crippen LogP contribution < -0.4 is 5.56 Å². The summed E-state index contributed by atoms with van der Waals surface area (Å²) in [6, 6.07) is 12.8. The maximum atomic E-state index is 13.0. The average molecular weight is 344 g/mol. The first-order valence-electron chi connectivity index (χ1n) is 7.13. The molecule has 1 N–H and O–H groups in total. The summed E-state index contributed by atoms with van der Waals surface area (Å²) in [5.41, 5.74) is 0.987. The molecule has 0 radical (unpaired) electrons. The van der Waals surface area contributed by atoms with E-state index in [-0.39, 0.29) is 11.4 Å². The molecule has 0 aliphatic rings. The summed E-state index contributed by atoms with van der Waals surface area (Å²) in [7, 11) is 0. The zero-order valence-electron chi connectivity index (χ0n) is 12.5. The number of aromatic nitrogens is 2. The van der Waals surface area contributed by atoms with Crippen molar-refractivity contribution in [2.24, 2.45) is 0 Å². The Balaban J connectivity index is 1.99. The number of halogens is 1. The van der Waals surface area contributed by atoms with E-state index in [4.69, 9.17) is 5.11 Å². The van der Waals surface area contributed by atoms with Gasteiger partial charge in [-0.15, -0.1) is 0 Å². The number of hydrogen-bond donors (Lipinski definition) is 1. The number of aliphatic carboxylic acids is 1. The van der Waals surface area contributed by atoms with Crippen molar-refractivity contribution in [3.8, 4) is 0 Å². The molecule has 0 spiro atoms. The minimum Gasteiger partial charge on any atom is -0.480 e. The van der Waals surface area contributed by atoms with Gasteiger partial charge in [-0.2, -0.15) is 0 Å². The number of nitrogens with zero attached hydrogens (tertiary/aromatic N) is 2. The summed E-state index contributed by atoms with van der Waals surface area (Å²) in [4.78, 5) is 28.0. The van der Waals surface area contributed by atoms with Gasteiger partial charge in [-0.25, -0.2) is 9.37 Å². The number of benzene rings is 2. The summed E-state index contributed by atoms with van der Waals surface area (Å²) in [6.07, 6.45) is 0. The minimum atomic E-state index is -1.11. The lowest BCUT2D eigenvalue weighted by molar-refractivity contribution is -0.137. The molecule has 0 aliphatic carbocycles. The molecule has 3 aromatic rings. The van der Waals surface area contributed by atoms with Crippen molar-refractivity contribution >= 4 is 28.6 Å². The molecule has 0 saturated carbocycles. The van der Waals surface area contributed by atoms with Gasteiger partial charge in [-0.1, -0.05) is 36.0 Å². The number of carbonyl (C=O) groups is 1. The molecular formula is C17H13FN2O3S. The van der Waals surface area contributed by atoms with Gasteiger partial charge in [-0.3, -0.25) is 14.2 Å². The molecule has 0 bridgehead atoms. The number of carboxylic acid groups (broad SMARTS) is 1. The molecule has 5 nitrogen and oxygen atoms in total. The maximum Gasteiger partial charge on any atom is 0.323 e. The molecule has 3 rings (SSSR count). The molecule has 2 aromatic carbocycles. The fourth-order valence-corrected chi connectivity index (χ4v) is 3.22. The Morgan fingerprint density at radius 3 is 2.58 bits per heavy atom. The number of thioether (sulfide) groups is 1. The SMILES string of the molecule is O=C(O)Cn1c(SCc2ccc(F)cc2)nc2ccccc2c1=O. The van der Waals surface area contributed by atoms with Crippen LogP contribution in [-0.4, -0.2) is 20.6 Å². The molecule has 24 heavy (non-hydrogen) atoms. The second-order valence-electron chi connectivity index (χ2n) is 5.11. The van der Waals surface area contributed by atoms with E-state index < -0.39 is 12.5 Å². The lowest BCUT2D eigenvalue weighted by atomic mass is 10.2. The van der Waals surface area contributed by atoms with Crippen LogP contribution in [0, 0.1) is 5.82 Å². The van der Waals surface area contributed by atoms with Crippen LogP contribution in [0.1, 0.15) is 5.56 Å². The number of para-hydroxylation sites is 1. The van der Waals surface area contributed by atoms with Gasteiger partial charge < -0.3 is 5.11 Å². The van der Waals surface area contributed by atoms with Crippen LogP contribution in [-0.2, 0) is 17.1 Å². The number of rotatable bonds is 5. The Morgan fingerprint density at radius 2 is 1.88 bits per heavy atom. The fourth-order valence-electron chi connectivity index (χ4n) is 2.26. The van der Waals surface area contributed by atoms with E-state index in [0.717, 1.165) is 10.1 Å². The van der Waals surface area contributed by atoms with Crippen LogP contribution in [0.15, 0.2) is 58.5 Å². The Morgan fingerprint density at radius 1 is 1.17 bits per heavy atom. The fraction of sp³-hybridized carbons (Fsp3) is 0.118. The molecule has 0 saturated heterocycles. The second-order valence-corrected chi connectivity index (χ2v) is 6.05. The van der Waals surface area contributed by atoms with Crippen molar-refractivity contribution < 1.29 is 14.3 Å². The van der Waals surface area contributed by atoms with Gasteiger partial charge in [0.1, 0.15) is 12.4 Å². The quantitative estimate of drug-likeness (QED) is 0.569. The molecule has 0 aliphatic heterocycles. The van der Waals surface area contributed by atoms with Gasteiger partial charge in [0.25, 0.3) is 5.56 Å². The highest BCUT2D eigenvalue weighted by atomic mass is 32.2. The van der Waals surface area contributed by atoms with Crippen molar-refractivity contribution in [1.82, 2.24) is 9.55 Å². The van der Waals surface area contributed by atoms with Crippen LogP contribution in [0.3, 0.4) is 0 Å². The summed E-state index contributed by atoms with van der Waals surface area (Å²) < 4.78 is 14.1. The summed E-state index contributed by atoms with van der Waals surface area (Å²) in [6.45, 7) is -0.456. The molecule has 1 heterocycles. The predicted molar refractivity (Wildman–Crippen MR) is 89.6 cm³/mol. The van der Waals surface area contributed by atoms with Crippen LogP contribution in [0.5, 0.6) is 0 Å². The highest BCUT2D eigenvalue weighted by Gasteiger charge is 2.14. The van der Waals surface area contributed by atoms with Crippen molar-refractivity contribution in [3.63, 3.8) is 0 Å². The van der Waals surface area contributed by atoms with Gasteiger partial charge in [0, 0.05) is 5.75 Å². The Bertz CT molecular complexity index is 954. The van der Waals surface area contributed by atoms with E-state index in [2.05, 4.69) is 4.98 Å². The van der Waals surface area contributed by atoms with E-state index in [0.29, 0.717) is 21.8 Å². The zero-order chi connectivity index (χ0) is 17.1. The predicted octanol–water partition coefficient (Wildman–Crippen LogP) is 2.91. The second kappa shape index (κ2) is 6.84. The first kappa shape index (κ1) is 16.2. The van der Waals surface area contributed by atoms with Crippen LogP contribution in [0.2, 0.25) is 0 Å². The summed E-state index contributed by atoms with van der Waals surface area (Å²) in [5.74, 6) is -0.988. The van der Waals surface area contributed by atoms with E-state index in [1.54, 1.807) is 36.4 Å². The molecule has 7 heteroatoms. The van der Waals surface area contributed by atoms with Crippen molar-refractivity contribution in [2.45, 2.75) is 17.5 Å². The van der Waals surface area contributed by atoms with Gasteiger partial charge in [0.2, 0.25) is 0 Å². The Kier molecular flexibility index (Phi) is 4.61. The molecule has 122 valence electrons. The highest BCUT2D eigenvalue weighted by molar-refractivity contribution is 7.98. The Hall–Kier alpha value is -2.67. The lowest BCUT2D eigenvalue weighted by Gasteiger charge is -2.11. The lowest BCUT2D eigenvalue weighted by Crippen LogP contribution is -2.26.